The first-order valence-corrected chi connectivity index (χ1v) is 8.20. The maximum atomic E-state index is 4.61. The lowest BCUT2D eigenvalue weighted by Gasteiger charge is -2.21. The van der Waals surface area contributed by atoms with Gasteiger partial charge in [0, 0.05) is 23.5 Å². The summed E-state index contributed by atoms with van der Waals surface area (Å²) in [5, 5.41) is 7.03. The van der Waals surface area contributed by atoms with Crippen LogP contribution in [0.15, 0.2) is 23.6 Å². The molecule has 0 aliphatic carbocycles. The molecule has 0 amide bonds. The van der Waals surface area contributed by atoms with Crippen molar-refractivity contribution in [2.75, 3.05) is 6.54 Å². The molecule has 108 valence electrons. The highest BCUT2D eigenvalue weighted by Gasteiger charge is 2.16. The van der Waals surface area contributed by atoms with Crippen molar-refractivity contribution in [1.29, 1.82) is 0 Å². The molecule has 0 aliphatic heterocycles. The predicted molar refractivity (Wildman–Crippen MR) is 87.5 cm³/mol. The molecule has 0 radical (unpaired) electrons. The quantitative estimate of drug-likeness (QED) is 0.854. The van der Waals surface area contributed by atoms with E-state index in [4.69, 9.17) is 0 Å². The lowest BCUT2D eigenvalue weighted by atomic mass is 9.95. The molecular weight excluding hydrogens is 264 g/mol. The Labute approximate surface area is 126 Å². The summed E-state index contributed by atoms with van der Waals surface area (Å²) in [6, 6.07) is 6.95. The van der Waals surface area contributed by atoms with Gasteiger partial charge in [0.05, 0.1) is 5.01 Å². The Morgan fingerprint density at radius 2 is 2.05 bits per heavy atom. The van der Waals surface area contributed by atoms with Crippen LogP contribution < -0.4 is 5.32 Å². The maximum Gasteiger partial charge on any atom is 0.0947 e. The van der Waals surface area contributed by atoms with Gasteiger partial charge in [-0.25, -0.2) is 4.98 Å². The summed E-state index contributed by atoms with van der Waals surface area (Å²) >= 11 is 1.76. The fraction of sp³-hybridized carbons (Fsp3) is 0.471. The maximum absolute atomic E-state index is 4.61. The summed E-state index contributed by atoms with van der Waals surface area (Å²) in [6.45, 7) is 9.72. The van der Waals surface area contributed by atoms with Crippen molar-refractivity contribution in [3.05, 3.63) is 51.0 Å². The number of nitrogens with zero attached hydrogens (tertiary/aromatic N) is 1. The molecular formula is C17H24N2S. The van der Waals surface area contributed by atoms with E-state index in [9.17, 15) is 0 Å². The summed E-state index contributed by atoms with van der Waals surface area (Å²) < 4.78 is 0. The number of rotatable bonds is 6. The molecule has 1 atom stereocenters. The van der Waals surface area contributed by atoms with Gasteiger partial charge in [0.15, 0.2) is 0 Å². The van der Waals surface area contributed by atoms with Gasteiger partial charge in [0.1, 0.15) is 0 Å². The van der Waals surface area contributed by atoms with Crippen molar-refractivity contribution in [3.63, 3.8) is 0 Å². The third kappa shape index (κ3) is 3.68. The van der Waals surface area contributed by atoms with Crippen LogP contribution in [0.2, 0.25) is 0 Å². The van der Waals surface area contributed by atoms with Crippen LogP contribution in [-0.2, 0) is 6.42 Å². The number of aryl methyl sites for hydroxylation is 2. The number of nitrogens with one attached hydrogen (secondary N) is 1. The zero-order valence-corrected chi connectivity index (χ0v) is 13.7. The van der Waals surface area contributed by atoms with E-state index in [1.165, 1.54) is 21.7 Å². The highest BCUT2D eigenvalue weighted by molar-refractivity contribution is 7.09. The zero-order valence-electron chi connectivity index (χ0n) is 12.9. The number of hydrogen-bond donors (Lipinski definition) is 1. The average molecular weight is 288 g/mol. The van der Waals surface area contributed by atoms with E-state index in [0.717, 1.165) is 25.1 Å². The molecule has 0 aliphatic rings. The Balaban J connectivity index is 2.24. The molecule has 1 aromatic carbocycles. The molecule has 3 heteroatoms. The fourth-order valence-corrected chi connectivity index (χ4v) is 3.25. The minimum atomic E-state index is 0.361. The molecule has 1 unspecified atom stereocenters. The van der Waals surface area contributed by atoms with E-state index >= 15 is 0 Å². The van der Waals surface area contributed by atoms with Gasteiger partial charge < -0.3 is 5.32 Å². The molecule has 1 heterocycles. The molecule has 1 N–H and O–H groups in total. The van der Waals surface area contributed by atoms with E-state index in [1.54, 1.807) is 11.3 Å². The third-order valence-corrected chi connectivity index (χ3v) is 4.70. The number of benzene rings is 1. The van der Waals surface area contributed by atoms with Crippen molar-refractivity contribution in [2.45, 2.75) is 46.6 Å². The predicted octanol–water partition coefficient (Wildman–Crippen LogP) is 4.35. The molecule has 2 rings (SSSR count). The highest BCUT2D eigenvalue weighted by atomic mass is 32.1. The van der Waals surface area contributed by atoms with Gasteiger partial charge in [-0.15, -0.1) is 11.3 Å². The molecule has 0 bridgehead atoms. The van der Waals surface area contributed by atoms with Crippen LogP contribution in [0.3, 0.4) is 0 Å². The van der Waals surface area contributed by atoms with Crippen LogP contribution in [0.5, 0.6) is 0 Å². The first-order chi connectivity index (χ1) is 9.61. The Hall–Kier alpha value is -1.19. The molecule has 1 aromatic heterocycles. The molecule has 2 aromatic rings. The molecule has 0 spiro atoms. The normalized spacial score (nSPS) is 12.6. The Bertz CT molecular complexity index is 560. The highest BCUT2D eigenvalue weighted by Crippen LogP contribution is 2.25. The van der Waals surface area contributed by atoms with Crippen LogP contribution in [-0.4, -0.2) is 11.5 Å². The third-order valence-electron chi connectivity index (χ3n) is 3.71. The smallest absolute Gasteiger partial charge is 0.0947 e. The van der Waals surface area contributed by atoms with Gasteiger partial charge in [-0.2, -0.15) is 0 Å². The second-order valence-corrected chi connectivity index (χ2v) is 6.33. The summed E-state index contributed by atoms with van der Waals surface area (Å²) in [6.07, 6.45) is 2.13. The molecule has 20 heavy (non-hydrogen) atoms. The largest absolute Gasteiger partial charge is 0.310 e. The van der Waals surface area contributed by atoms with Gasteiger partial charge in [-0.3, -0.25) is 0 Å². The molecule has 0 saturated carbocycles. The van der Waals surface area contributed by atoms with Gasteiger partial charge in [-0.1, -0.05) is 25.1 Å². The average Bonchev–Trinajstić information content (AvgIpc) is 2.83. The lowest BCUT2D eigenvalue weighted by molar-refractivity contribution is 0.525. The summed E-state index contributed by atoms with van der Waals surface area (Å²) in [4.78, 5) is 4.61. The SMILES string of the molecule is CCCNC(Cc1nc(C)cs1)c1cccc(C)c1C. The number of hydrogen-bond acceptors (Lipinski definition) is 3. The molecule has 0 fully saturated rings. The molecule has 0 saturated heterocycles. The number of thiazole rings is 1. The van der Waals surface area contributed by atoms with Crippen molar-refractivity contribution < 1.29 is 0 Å². The van der Waals surface area contributed by atoms with Crippen LogP contribution in [0.1, 0.15) is 46.8 Å². The molecule has 2 nitrogen and oxygen atoms in total. The van der Waals surface area contributed by atoms with E-state index in [1.807, 2.05) is 0 Å². The summed E-state index contributed by atoms with van der Waals surface area (Å²) in [5.74, 6) is 0. The van der Waals surface area contributed by atoms with Crippen LogP contribution in [0.4, 0.5) is 0 Å². The zero-order chi connectivity index (χ0) is 14.5. The van der Waals surface area contributed by atoms with E-state index in [2.05, 4.69) is 61.6 Å². The van der Waals surface area contributed by atoms with E-state index < -0.39 is 0 Å². The minimum absolute atomic E-state index is 0.361. The summed E-state index contributed by atoms with van der Waals surface area (Å²) in [5.41, 5.74) is 5.29. The Morgan fingerprint density at radius 3 is 2.70 bits per heavy atom. The van der Waals surface area contributed by atoms with Gasteiger partial charge in [0.2, 0.25) is 0 Å². The van der Waals surface area contributed by atoms with Crippen molar-refractivity contribution in [2.24, 2.45) is 0 Å². The van der Waals surface area contributed by atoms with Crippen LogP contribution >= 0.6 is 11.3 Å². The van der Waals surface area contributed by atoms with Crippen molar-refractivity contribution in [1.82, 2.24) is 10.3 Å². The lowest BCUT2D eigenvalue weighted by Crippen LogP contribution is -2.25. The fourth-order valence-electron chi connectivity index (χ4n) is 2.43. The Kier molecular flexibility index (Phi) is 5.32. The topological polar surface area (TPSA) is 24.9 Å². The van der Waals surface area contributed by atoms with E-state index in [-0.39, 0.29) is 0 Å². The number of aromatic nitrogens is 1. The standard InChI is InChI=1S/C17H24N2S/c1-5-9-18-16(10-17-19-13(3)11-20-17)15-8-6-7-12(2)14(15)4/h6-8,11,16,18H,5,9-10H2,1-4H3. The van der Waals surface area contributed by atoms with Gasteiger partial charge in [-0.05, 0) is 50.4 Å². The van der Waals surface area contributed by atoms with E-state index in [0.29, 0.717) is 6.04 Å². The van der Waals surface area contributed by atoms with Gasteiger partial charge >= 0.3 is 0 Å². The Morgan fingerprint density at radius 1 is 1.25 bits per heavy atom. The van der Waals surface area contributed by atoms with Crippen LogP contribution in [0.25, 0.3) is 0 Å². The first-order valence-electron chi connectivity index (χ1n) is 7.32. The second kappa shape index (κ2) is 7.00. The monoisotopic (exact) mass is 288 g/mol. The summed E-state index contributed by atoms with van der Waals surface area (Å²) in [7, 11) is 0. The van der Waals surface area contributed by atoms with Crippen molar-refractivity contribution in [3.8, 4) is 0 Å². The van der Waals surface area contributed by atoms with Crippen molar-refractivity contribution >= 4 is 11.3 Å². The van der Waals surface area contributed by atoms with Gasteiger partial charge in [0.25, 0.3) is 0 Å². The van der Waals surface area contributed by atoms with Crippen LogP contribution in [0, 0.1) is 20.8 Å². The minimum Gasteiger partial charge on any atom is -0.310 e. The first kappa shape index (κ1) is 15.2. The second-order valence-electron chi connectivity index (χ2n) is 5.38.